The van der Waals surface area contributed by atoms with Crippen LogP contribution in [0.4, 0.5) is 0 Å². The third kappa shape index (κ3) is 7.28. The van der Waals surface area contributed by atoms with Gasteiger partial charge in [-0.2, -0.15) is 0 Å². The summed E-state index contributed by atoms with van der Waals surface area (Å²) in [5.74, 6) is 0. The van der Waals surface area contributed by atoms with Crippen LogP contribution in [0.3, 0.4) is 0 Å². The molecule has 0 saturated carbocycles. The first kappa shape index (κ1) is 16.3. The van der Waals surface area contributed by atoms with Crippen LogP contribution in [0.2, 0.25) is 0 Å². The number of ether oxygens (including phenoxy) is 1. The Morgan fingerprint density at radius 1 is 1.41 bits per heavy atom. The molecule has 0 aromatic carbocycles. The summed E-state index contributed by atoms with van der Waals surface area (Å²) in [6.45, 7) is 10.2. The molecule has 1 aliphatic heterocycles. The van der Waals surface area contributed by atoms with Crippen molar-refractivity contribution < 1.29 is 9.53 Å². The predicted octanol–water partition coefficient (Wildman–Crippen LogP) is 1.62. The Balaban J connectivity index is 0.000000325. The van der Waals surface area contributed by atoms with Crippen molar-refractivity contribution in [3.63, 3.8) is 0 Å². The zero-order valence-electron chi connectivity index (χ0n) is 11.2. The molecular weight excluding hydrogens is 236 g/mol. The number of piperidine rings is 1. The number of nitrogens with one attached hydrogen (secondary N) is 1. The lowest BCUT2D eigenvalue weighted by Gasteiger charge is -2.32. The number of nitrogens with two attached hydrogens (primary N) is 1. The van der Waals surface area contributed by atoms with E-state index in [2.05, 4.69) is 17.0 Å². The van der Waals surface area contributed by atoms with Crippen LogP contribution in [0.25, 0.3) is 0 Å². The lowest BCUT2D eigenvalue weighted by Crippen LogP contribution is -2.42. The van der Waals surface area contributed by atoms with E-state index in [1.165, 1.54) is 0 Å². The van der Waals surface area contributed by atoms with Gasteiger partial charge in [0.15, 0.2) is 0 Å². The molecule has 3 N–H and O–H groups in total. The van der Waals surface area contributed by atoms with E-state index >= 15 is 0 Å². The van der Waals surface area contributed by atoms with Gasteiger partial charge in [-0.3, -0.25) is 4.79 Å². The maximum atomic E-state index is 9.60. The zero-order chi connectivity index (χ0) is 13.5. The first-order valence-electron chi connectivity index (χ1n) is 5.83. The van der Waals surface area contributed by atoms with Crippen LogP contribution in [0.1, 0.15) is 40.5 Å². The van der Waals surface area contributed by atoms with E-state index < -0.39 is 0 Å². The highest BCUT2D eigenvalue weighted by molar-refractivity contribution is 7.80. The fraction of sp³-hybridized carbons (Fsp3) is 0.833. The smallest absolute Gasteiger partial charge is 0.293 e. The van der Waals surface area contributed by atoms with E-state index in [1.807, 2.05) is 20.8 Å². The average Bonchev–Trinajstić information content (AvgIpc) is 2.17. The third-order valence-corrected chi connectivity index (χ3v) is 3.20. The molecule has 0 spiro atoms. The molecule has 1 saturated heterocycles. The summed E-state index contributed by atoms with van der Waals surface area (Å²) in [6.07, 6.45) is 2.17. The summed E-state index contributed by atoms with van der Waals surface area (Å²) >= 11 is 4.98. The lowest BCUT2D eigenvalue weighted by atomic mass is 9.81. The Bertz CT molecular complexity index is 256. The van der Waals surface area contributed by atoms with Gasteiger partial charge < -0.3 is 15.8 Å². The van der Waals surface area contributed by atoms with E-state index in [1.54, 1.807) is 0 Å². The van der Waals surface area contributed by atoms with Gasteiger partial charge in [-0.25, -0.2) is 0 Å². The quantitative estimate of drug-likeness (QED) is 0.583. The zero-order valence-corrected chi connectivity index (χ0v) is 12.0. The number of hydrogen-bond acceptors (Lipinski definition) is 4. The summed E-state index contributed by atoms with van der Waals surface area (Å²) in [4.78, 5) is 10.3. The third-order valence-electron chi connectivity index (χ3n) is 2.70. The van der Waals surface area contributed by atoms with Gasteiger partial charge in [-0.15, -0.1) is 0 Å². The first-order valence-corrected chi connectivity index (χ1v) is 6.24. The molecule has 0 bridgehead atoms. The molecule has 1 aliphatic rings. The maximum Gasteiger partial charge on any atom is 0.293 e. The van der Waals surface area contributed by atoms with Crippen molar-refractivity contribution in [2.45, 2.75) is 46.1 Å². The van der Waals surface area contributed by atoms with Crippen LogP contribution < -0.4 is 11.1 Å². The molecular formula is C12H24N2O2S. The normalized spacial score (nSPS) is 18.6. The van der Waals surface area contributed by atoms with Gasteiger partial charge in [-0.1, -0.05) is 19.1 Å². The number of carbonyl (C=O) groups excluding carboxylic acids is 1. The van der Waals surface area contributed by atoms with Crippen molar-refractivity contribution in [3.8, 4) is 0 Å². The number of hydrogen-bond donors (Lipinski definition) is 2. The molecule has 0 aromatic rings. The van der Waals surface area contributed by atoms with Gasteiger partial charge in [0.25, 0.3) is 6.47 Å². The molecule has 1 heterocycles. The van der Waals surface area contributed by atoms with Crippen molar-refractivity contribution >= 4 is 23.7 Å². The van der Waals surface area contributed by atoms with E-state index in [4.69, 9.17) is 18.0 Å². The second kappa shape index (κ2) is 6.91. The highest BCUT2D eigenvalue weighted by Crippen LogP contribution is 2.27. The fourth-order valence-corrected chi connectivity index (χ4v) is 1.57. The minimum absolute atomic E-state index is 0.126. The molecule has 1 fully saturated rings. The van der Waals surface area contributed by atoms with Gasteiger partial charge in [0.2, 0.25) is 0 Å². The topological polar surface area (TPSA) is 64.3 Å². The largest absolute Gasteiger partial charge is 0.462 e. The SMILES string of the molecule is CC(C)(C)OC=O.CC1(C(N)=S)CCNCC1. The van der Waals surface area contributed by atoms with Crippen molar-refractivity contribution in [1.29, 1.82) is 0 Å². The maximum absolute atomic E-state index is 9.60. The number of carbonyl (C=O) groups is 1. The Hall–Kier alpha value is -0.680. The van der Waals surface area contributed by atoms with Gasteiger partial charge in [0.1, 0.15) is 5.60 Å². The van der Waals surface area contributed by atoms with Crippen molar-refractivity contribution in [1.82, 2.24) is 5.32 Å². The van der Waals surface area contributed by atoms with E-state index in [0.29, 0.717) is 11.5 Å². The summed E-state index contributed by atoms with van der Waals surface area (Å²) in [5.41, 5.74) is 5.41. The van der Waals surface area contributed by atoms with Crippen LogP contribution in [-0.2, 0) is 9.53 Å². The molecule has 0 aliphatic carbocycles. The Morgan fingerprint density at radius 3 is 2.06 bits per heavy atom. The summed E-state index contributed by atoms with van der Waals surface area (Å²) in [7, 11) is 0. The summed E-state index contributed by atoms with van der Waals surface area (Å²) in [5, 5.41) is 3.28. The molecule has 1 rings (SSSR count). The Kier molecular flexibility index (Phi) is 6.64. The minimum Gasteiger partial charge on any atom is -0.462 e. The van der Waals surface area contributed by atoms with Crippen molar-refractivity contribution in [3.05, 3.63) is 0 Å². The Morgan fingerprint density at radius 2 is 1.88 bits per heavy atom. The van der Waals surface area contributed by atoms with Gasteiger partial charge in [-0.05, 0) is 46.7 Å². The molecule has 100 valence electrons. The number of rotatable bonds is 2. The second-order valence-electron chi connectivity index (χ2n) is 5.50. The van der Waals surface area contributed by atoms with Crippen molar-refractivity contribution in [2.75, 3.05) is 13.1 Å². The fourth-order valence-electron chi connectivity index (χ4n) is 1.37. The van der Waals surface area contributed by atoms with Gasteiger partial charge in [0, 0.05) is 5.41 Å². The molecule has 0 radical (unpaired) electrons. The standard InChI is InChI=1S/C7H14N2S.C5H10O2/c1-7(6(8)10)2-4-9-5-3-7;1-5(2,3)7-4-6/h9H,2-5H2,1H3,(H2,8,10);4H,1-3H3. The molecule has 0 aromatic heterocycles. The minimum atomic E-state index is -0.318. The van der Waals surface area contributed by atoms with Crippen LogP contribution in [-0.4, -0.2) is 30.2 Å². The Labute approximate surface area is 109 Å². The summed E-state index contributed by atoms with van der Waals surface area (Å²) < 4.78 is 4.55. The van der Waals surface area contributed by atoms with E-state index in [-0.39, 0.29) is 11.0 Å². The van der Waals surface area contributed by atoms with E-state index in [9.17, 15) is 4.79 Å². The van der Waals surface area contributed by atoms with Crippen LogP contribution in [0.5, 0.6) is 0 Å². The average molecular weight is 260 g/mol. The van der Waals surface area contributed by atoms with Crippen LogP contribution in [0.15, 0.2) is 0 Å². The molecule has 0 atom stereocenters. The van der Waals surface area contributed by atoms with Crippen LogP contribution in [0, 0.1) is 5.41 Å². The molecule has 4 nitrogen and oxygen atoms in total. The monoisotopic (exact) mass is 260 g/mol. The summed E-state index contributed by atoms with van der Waals surface area (Å²) in [6, 6.07) is 0. The highest BCUT2D eigenvalue weighted by atomic mass is 32.1. The first-order chi connectivity index (χ1) is 7.71. The predicted molar refractivity (Wildman–Crippen MR) is 73.9 cm³/mol. The molecule has 17 heavy (non-hydrogen) atoms. The van der Waals surface area contributed by atoms with Gasteiger partial charge in [0.05, 0.1) is 4.99 Å². The lowest BCUT2D eigenvalue weighted by molar-refractivity contribution is -0.138. The van der Waals surface area contributed by atoms with Gasteiger partial charge >= 0.3 is 0 Å². The molecule has 5 heteroatoms. The van der Waals surface area contributed by atoms with Crippen molar-refractivity contribution in [2.24, 2.45) is 11.1 Å². The van der Waals surface area contributed by atoms with Crippen LogP contribution >= 0.6 is 12.2 Å². The second-order valence-corrected chi connectivity index (χ2v) is 5.94. The van der Waals surface area contributed by atoms with E-state index in [0.717, 1.165) is 25.9 Å². The molecule has 0 amide bonds. The molecule has 0 unspecified atom stereocenters. The number of thiocarbonyl (C=S) groups is 1. The highest BCUT2D eigenvalue weighted by Gasteiger charge is 2.29.